The van der Waals surface area contributed by atoms with Crippen molar-refractivity contribution in [1.29, 1.82) is 0 Å². The van der Waals surface area contributed by atoms with Crippen LogP contribution in [0.25, 0.3) is 0 Å². The molecule has 2 aromatic rings. The van der Waals surface area contributed by atoms with Crippen molar-refractivity contribution in [2.45, 2.75) is 19.0 Å². The topological polar surface area (TPSA) is 29.3 Å². The Morgan fingerprint density at radius 1 is 1.32 bits per heavy atom. The molecule has 0 amide bonds. The number of halogens is 1. The van der Waals surface area contributed by atoms with Crippen LogP contribution in [0.2, 0.25) is 5.02 Å². The molecule has 0 saturated carbocycles. The lowest BCUT2D eigenvalue weighted by Crippen LogP contribution is -2.30. The van der Waals surface area contributed by atoms with Gasteiger partial charge in [0.05, 0.1) is 6.04 Å². The second-order valence-electron chi connectivity index (χ2n) is 4.79. The Bertz CT molecular complexity index is 513. The van der Waals surface area contributed by atoms with Gasteiger partial charge in [0, 0.05) is 22.5 Å². The Kier molecular flexibility index (Phi) is 4.99. The number of benzene rings is 1. The maximum absolute atomic E-state index is 6.23. The minimum atomic E-state index is 0.0617. The largest absolute Gasteiger partial charge is 0.322 e. The smallest absolute Gasteiger partial charge is 0.0519 e. The van der Waals surface area contributed by atoms with Gasteiger partial charge < -0.3 is 5.73 Å². The fourth-order valence-corrected chi connectivity index (χ4v) is 3.00. The van der Waals surface area contributed by atoms with E-state index in [9.17, 15) is 0 Å². The third-order valence-electron chi connectivity index (χ3n) is 3.39. The van der Waals surface area contributed by atoms with Gasteiger partial charge >= 0.3 is 0 Å². The monoisotopic (exact) mass is 294 g/mol. The Hall–Kier alpha value is -0.870. The summed E-state index contributed by atoms with van der Waals surface area (Å²) in [6.07, 6.45) is 0. The molecule has 0 saturated heterocycles. The van der Waals surface area contributed by atoms with Crippen molar-refractivity contribution in [2.75, 3.05) is 13.6 Å². The summed E-state index contributed by atoms with van der Waals surface area (Å²) in [6, 6.07) is 12.5. The number of hydrogen-bond donors (Lipinski definition) is 1. The molecule has 2 rings (SSSR count). The summed E-state index contributed by atoms with van der Waals surface area (Å²) in [5.41, 5.74) is 7.44. The zero-order valence-corrected chi connectivity index (χ0v) is 12.8. The van der Waals surface area contributed by atoms with Crippen molar-refractivity contribution < 1.29 is 0 Å². The number of nitrogens with zero attached hydrogens (tertiary/aromatic N) is 1. The Morgan fingerprint density at radius 2 is 2.11 bits per heavy atom. The van der Waals surface area contributed by atoms with E-state index in [4.69, 9.17) is 17.3 Å². The quantitative estimate of drug-likeness (QED) is 0.900. The molecule has 102 valence electrons. The third-order valence-corrected chi connectivity index (χ3v) is 4.62. The molecule has 2 atom stereocenters. The minimum Gasteiger partial charge on any atom is -0.322 e. The van der Waals surface area contributed by atoms with Crippen LogP contribution in [0.3, 0.4) is 0 Å². The number of rotatable bonds is 5. The second kappa shape index (κ2) is 6.53. The SMILES string of the molecule is CC(c1cccc(Cl)c1)N(C)CC(N)c1cccs1. The van der Waals surface area contributed by atoms with Crippen molar-refractivity contribution in [3.05, 3.63) is 57.2 Å². The summed E-state index contributed by atoms with van der Waals surface area (Å²) in [4.78, 5) is 3.49. The molecule has 19 heavy (non-hydrogen) atoms. The van der Waals surface area contributed by atoms with Crippen LogP contribution in [0.15, 0.2) is 41.8 Å². The van der Waals surface area contributed by atoms with Crippen molar-refractivity contribution in [2.24, 2.45) is 5.73 Å². The fraction of sp³-hybridized carbons (Fsp3) is 0.333. The highest BCUT2D eigenvalue weighted by atomic mass is 35.5. The highest BCUT2D eigenvalue weighted by Gasteiger charge is 2.16. The summed E-state index contributed by atoms with van der Waals surface area (Å²) < 4.78 is 0. The molecular weight excluding hydrogens is 276 g/mol. The molecule has 0 aliphatic heterocycles. The summed E-state index contributed by atoms with van der Waals surface area (Å²) in [5.74, 6) is 0. The zero-order chi connectivity index (χ0) is 13.8. The van der Waals surface area contributed by atoms with E-state index in [2.05, 4.69) is 36.4 Å². The van der Waals surface area contributed by atoms with Gasteiger partial charge in [-0.05, 0) is 43.1 Å². The predicted molar refractivity (Wildman–Crippen MR) is 83.7 cm³/mol. The highest BCUT2D eigenvalue weighted by molar-refractivity contribution is 7.10. The molecule has 2 N–H and O–H groups in total. The van der Waals surface area contributed by atoms with Crippen LogP contribution < -0.4 is 5.73 Å². The van der Waals surface area contributed by atoms with Crippen molar-refractivity contribution >= 4 is 22.9 Å². The number of likely N-dealkylation sites (N-methyl/N-ethyl adjacent to an activating group) is 1. The van der Waals surface area contributed by atoms with Crippen LogP contribution in [0.4, 0.5) is 0 Å². The van der Waals surface area contributed by atoms with Crippen LogP contribution in [0, 0.1) is 0 Å². The molecular formula is C15H19ClN2S. The van der Waals surface area contributed by atoms with E-state index in [1.807, 2.05) is 24.3 Å². The molecule has 0 aliphatic carbocycles. The molecule has 0 bridgehead atoms. The molecule has 1 aromatic carbocycles. The predicted octanol–water partition coefficient (Wildman–Crippen LogP) is 4.09. The van der Waals surface area contributed by atoms with E-state index >= 15 is 0 Å². The lowest BCUT2D eigenvalue weighted by atomic mass is 10.1. The summed E-state index contributed by atoms with van der Waals surface area (Å²) >= 11 is 7.75. The van der Waals surface area contributed by atoms with Gasteiger partial charge in [0.1, 0.15) is 0 Å². The number of hydrogen-bond acceptors (Lipinski definition) is 3. The molecule has 2 nitrogen and oxygen atoms in total. The normalized spacial score (nSPS) is 14.6. The lowest BCUT2D eigenvalue weighted by molar-refractivity contribution is 0.247. The molecule has 4 heteroatoms. The van der Waals surface area contributed by atoms with E-state index in [0.717, 1.165) is 11.6 Å². The Balaban J connectivity index is 2.01. The minimum absolute atomic E-state index is 0.0617. The van der Waals surface area contributed by atoms with Gasteiger partial charge in [-0.3, -0.25) is 4.90 Å². The average Bonchev–Trinajstić information content (AvgIpc) is 2.91. The van der Waals surface area contributed by atoms with Crippen LogP contribution in [0.1, 0.15) is 29.4 Å². The van der Waals surface area contributed by atoms with Crippen LogP contribution in [0.5, 0.6) is 0 Å². The maximum Gasteiger partial charge on any atom is 0.0519 e. The van der Waals surface area contributed by atoms with Gasteiger partial charge in [-0.2, -0.15) is 0 Å². The van der Waals surface area contributed by atoms with Gasteiger partial charge in [0.15, 0.2) is 0 Å². The van der Waals surface area contributed by atoms with Crippen molar-refractivity contribution in [1.82, 2.24) is 4.90 Å². The van der Waals surface area contributed by atoms with Gasteiger partial charge in [0.2, 0.25) is 0 Å². The van der Waals surface area contributed by atoms with Crippen LogP contribution >= 0.6 is 22.9 Å². The molecule has 0 aliphatic rings. The van der Waals surface area contributed by atoms with Gasteiger partial charge in [0.25, 0.3) is 0 Å². The first kappa shape index (κ1) is 14.5. The molecule has 1 aromatic heterocycles. The lowest BCUT2D eigenvalue weighted by Gasteiger charge is -2.27. The zero-order valence-electron chi connectivity index (χ0n) is 11.2. The molecule has 2 unspecified atom stereocenters. The Morgan fingerprint density at radius 3 is 2.74 bits per heavy atom. The van der Waals surface area contributed by atoms with Crippen molar-refractivity contribution in [3.63, 3.8) is 0 Å². The third kappa shape index (κ3) is 3.80. The number of nitrogens with two attached hydrogens (primary N) is 1. The highest BCUT2D eigenvalue weighted by Crippen LogP contribution is 2.24. The molecule has 0 radical (unpaired) electrons. The van der Waals surface area contributed by atoms with Gasteiger partial charge in [-0.1, -0.05) is 29.8 Å². The Labute approximate surface area is 123 Å². The summed E-state index contributed by atoms with van der Waals surface area (Å²) in [5, 5.41) is 2.84. The fourth-order valence-electron chi connectivity index (χ4n) is 2.08. The van der Waals surface area contributed by atoms with E-state index < -0.39 is 0 Å². The van der Waals surface area contributed by atoms with E-state index in [1.54, 1.807) is 11.3 Å². The average molecular weight is 295 g/mol. The second-order valence-corrected chi connectivity index (χ2v) is 6.21. The summed E-state index contributed by atoms with van der Waals surface area (Å²) in [6.45, 7) is 3.00. The van der Waals surface area contributed by atoms with Crippen LogP contribution in [-0.2, 0) is 0 Å². The molecule has 1 heterocycles. The van der Waals surface area contributed by atoms with Crippen LogP contribution in [-0.4, -0.2) is 18.5 Å². The molecule has 0 fully saturated rings. The van der Waals surface area contributed by atoms with Gasteiger partial charge in [-0.15, -0.1) is 11.3 Å². The van der Waals surface area contributed by atoms with E-state index in [1.165, 1.54) is 10.4 Å². The van der Waals surface area contributed by atoms with Crippen molar-refractivity contribution in [3.8, 4) is 0 Å². The van der Waals surface area contributed by atoms with E-state index in [-0.39, 0.29) is 6.04 Å². The standard InChI is InChI=1S/C15H19ClN2S/c1-11(12-5-3-6-13(16)9-12)18(2)10-14(17)15-7-4-8-19-15/h3-9,11,14H,10,17H2,1-2H3. The first-order valence-electron chi connectivity index (χ1n) is 6.32. The maximum atomic E-state index is 6.23. The number of thiophene rings is 1. The van der Waals surface area contributed by atoms with Gasteiger partial charge in [-0.25, -0.2) is 0 Å². The molecule has 0 spiro atoms. The first-order valence-corrected chi connectivity index (χ1v) is 7.58. The summed E-state index contributed by atoms with van der Waals surface area (Å²) in [7, 11) is 2.10. The van der Waals surface area contributed by atoms with E-state index in [0.29, 0.717) is 6.04 Å². The first-order chi connectivity index (χ1) is 9.08.